The molecule has 1 aromatic rings. The lowest BCUT2D eigenvalue weighted by molar-refractivity contribution is -0.132. The predicted octanol–water partition coefficient (Wildman–Crippen LogP) is 2.45. The normalized spacial score (nSPS) is 17.5. The van der Waals surface area contributed by atoms with Crippen molar-refractivity contribution in [3.63, 3.8) is 0 Å². The van der Waals surface area contributed by atoms with Crippen molar-refractivity contribution in [3.8, 4) is 0 Å². The molecule has 132 valence electrons. The third-order valence-corrected chi connectivity index (χ3v) is 5.38. The van der Waals surface area contributed by atoms with Crippen LogP contribution in [-0.2, 0) is 16.0 Å². The van der Waals surface area contributed by atoms with Crippen LogP contribution in [0.15, 0.2) is 23.8 Å². The fourth-order valence-corrected chi connectivity index (χ4v) is 3.47. The van der Waals surface area contributed by atoms with Crippen molar-refractivity contribution in [2.24, 2.45) is 0 Å². The van der Waals surface area contributed by atoms with Crippen LogP contribution < -0.4 is 4.90 Å². The average Bonchev–Trinajstić information content (AvgIpc) is 3.02. The standard InChI is InChI=1S/C19H23N3O2S/c1-4-5-9-22-10-8-14-11-13(6-7-16(14)22)12-15-17(23)20(2)19(25)21(3)18(15)24/h6-7,11-12H,4-5,8-10H2,1-3H3. The number of anilines is 1. The van der Waals surface area contributed by atoms with E-state index in [4.69, 9.17) is 12.2 Å². The van der Waals surface area contributed by atoms with Crippen LogP contribution in [0.5, 0.6) is 0 Å². The van der Waals surface area contributed by atoms with Gasteiger partial charge in [-0.2, -0.15) is 0 Å². The zero-order valence-corrected chi connectivity index (χ0v) is 15.7. The van der Waals surface area contributed by atoms with Gasteiger partial charge < -0.3 is 4.90 Å². The molecule has 1 saturated heterocycles. The van der Waals surface area contributed by atoms with E-state index in [2.05, 4.69) is 24.0 Å². The Balaban J connectivity index is 1.88. The Morgan fingerprint density at radius 3 is 2.48 bits per heavy atom. The molecule has 0 atom stereocenters. The fraction of sp³-hybridized carbons (Fsp3) is 0.421. The number of carbonyl (C=O) groups excluding carboxylic acids is 2. The first-order chi connectivity index (χ1) is 11.9. The Bertz CT molecular complexity index is 746. The van der Waals surface area contributed by atoms with Crippen LogP contribution in [-0.4, -0.2) is 53.9 Å². The Hall–Kier alpha value is -2.21. The molecule has 0 N–H and O–H groups in total. The van der Waals surface area contributed by atoms with Gasteiger partial charge in [0.05, 0.1) is 0 Å². The minimum absolute atomic E-state index is 0.152. The van der Waals surface area contributed by atoms with E-state index < -0.39 is 0 Å². The van der Waals surface area contributed by atoms with Crippen LogP contribution in [0, 0.1) is 0 Å². The van der Waals surface area contributed by atoms with Gasteiger partial charge >= 0.3 is 0 Å². The summed E-state index contributed by atoms with van der Waals surface area (Å²) in [6.45, 7) is 4.31. The molecular weight excluding hydrogens is 334 g/mol. The molecule has 0 bridgehead atoms. The maximum atomic E-state index is 12.4. The maximum absolute atomic E-state index is 12.4. The Morgan fingerprint density at radius 1 is 1.16 bits per heavy atom. The van der Waals surface area contributed by atoms with E-state index in [1.54, 1.807) is 20.2 Å². The first kappa shape index (κ1) is 17.6. The van der Waals surface area contributed by atoms with Gasteiger partial charge in [0.1, 0.15) is 5.57 Å². The zero-order valence-electron chi connectivity index (χ0n) is 14.9. The van der Waals surface area contributed by atoms with Gasteiger partial charge in [-0.25, -0.2) is 0 Å². The lowest BCUT2D eigenvalue weighted by atomic mass is 10.0. The summed E-state index contributed by atoms with van der Waals surface area (Å²) in [7, 11) is 3.19. The summed E-state index contributed by atoms with van der Waals surface area (Å²) in [5.41, 5.74) is 3.58. The molecule has 6 heteroatoms. The summed E-state index contributed by atoms with van der Waals surface area (Å²) in [5, 5.41) is 0.229. The van der Waals surface area contributed by atoms with E-state index in [9.17, 15) is 9.59 Å². The molecule has 5 nitrogen and oxygen atoms in total. The summed E-state index contributed by atoms with van der Waals surface area (Å²) in [4.78, 5) is 29.9. The predicted molar refractivity (Wildman–Crippen MR) is 103 cm³/mol. The highest BCUT2D eigenvalue weighted by molar-refractivity contribution is 7.80. The van der Waals surface area contributed by atoms with E-state index in [1.807, 2.05) is 6.07 Å². The lowest BCUT2D eigenvalue weighted by Crippen LogP contribution is -2.52. The van der Waals surface area contributed by atoms with Crippen LogP contribution >= 0.6 is 12.2 Å². The number of benzene rings is 1. The van der Waals surface area contributed by atoms with Crippen molar-refractivity contribution < 1.29 is 9.59 Å². The minimum Gasteiger partial charge on any atom is -0.371 e. The summed E-state index contributed by atoms with van der Waals surface area (Å²) >= 11 is 5.11. The summed E-state index contributed by atoms with van der Waals surface area (Å²) in [6, 6.07) is 6.16. The Morgan fingerprint density at radius 2 is 1.84 bits per heavy atom. The van der Waals surface area contributed by atoms with Gasteiger partial charge in [0, 0.05) is 32.9 Å². The highest BCUT2D eigenvalue weighted by atomic mass is 32.1. The van der Waals surface area contributed by atoms with Crippen molar-refractivity contribution >= 4 is 40.9 Å². The minimum atomic E-state index is -0.349. The number of hydrogen-bond acceptors (Lipinski definition) is 4. The van der Waals surface area contributed by atoms with E-state index >= 15 is 0 Å². The van der Waals surface area contributed by atoms with Gasteiger partial charge in [-0.1, -0.05) is 19.4 Å². The molecule has 1 aromatic carbocycles. The van der Waals surface area contributed by atoms with Gasteiger partial charge in [-0.3, -0.25) is 19.4 Å². The largest absolute Gasteiger partial charge is 0.371 e. The molecule has 0 radical (unpaired) electrons. The van der Waals surface area contributed by atoms with Crippen molar-refractivity contribution in [2.75, 3.05) is 32.1 Å². The third-order valence-electron chi connectivity index (χ3n) is 4.83. The number of hydrogen-bond donors (Lipinski definition) is 0. The van der Waals surface area contributed by atoms with Gasteiger partial charge in [-0.15, -0.1) is 0 Å². The average molecular weight is 357 g/mol. The quantitative estimate of drug-likeness (QED) is 0.472. The zero-order chi connectivity index (χ0) is 18.1. The summed E-state index contributed by atoms with van der Waals surface area (Å²) in [6.07, 6.45) is 5.05. The highest BCUT2D eigenvalue weighted by Gasteiger charge is 2.35. The molecule has 0 aromatic heterocycles. The molecular formula is C19H23N3O2S. The molecule has 2 amide bonds. The highest BCUT2D eigenvalue weighted by Crippen LogP contribution is 2.30. The number of amides is 2. The second-order valence-electron chi connectivity index (χ2n) is 6.55. The van der Waals surface area contributed by atoms with Crippen LogP contribution in [0.1, 0.15) is 30.9 Å². The number of fused-ring (bicyclic) bond motifs is 1. The lowest BCUT2D eigenvalue weighted by Gasteiger charge is -2.31. The van der Waals surface area contributed by atoms with Crippen molar-refractivity contribution in [1.29, 1.82) is 0 Å². The number of thiocarbonyl (C=S) groups is 1. The van der Waals surface area contributed by atoms with Crippen LogP contribution in [0.2, 0.25) is 0 Å². The van der Waals surface area contributed by atoms with Crippen molar-refractivity contribution in [1.82, 2.24) is 9.80 Å². The topological polar surface area (TPSA) is 43.9 Å². The van der Waals surface area contributed by atoms with Gasteiger partial charge in [0.25, 0.3) is 11.8 Å². The molecule has 2 heterocycles. The number of unbranched alkanes of at least 4 members (excludes halogenated alkanes) is 1. The second kappa shape index (κ2) is 6.96. The molecule has 2 aliphatic heterocycles. The van der Waals surface area contributed by atoms with Crippen LogP contribution in [0.25, 0.3) is 6.08 Å². The smallest absolute Gasteiger partial charge is 0.265 e. The van der Waals surface area contributed by atoms with Crippen LogP contribution in [0.4, 0.5) is 5.69 Å². The Kier molecular flexibility index (Phi) is 4.90. The van der Waals surface area contributed by atoms with E-state index in [1.165, 1.54) is 33.9 Å². The molecule has 0 aliphatic carbocycles. The van der Waals surface area contributed by atoms with Crippen molar-refractivity contribution in [3.05, 3.63) is 34.9 Å². The molecule has 2 aliphatic rings. The number of rotatable bonds is 4. The second-order valence-corrected chi connectivity index (χ2v) is 6.91. The SMILES string of the molecule is CCCCN1CCc2cc(C=C3C(=O)N(C)C(=S)N(C)C3=O)ccc21. The van der Waals surface area contributed by atoms with Crippen molar-refractivity contribution in [2.45, 2.75) is 26.2 Å². The van der Waals surface area contributed by atoms with Crippen LogP contribution in [0.3, 0.4) is 0 Å². The molecule has 1 fully saturated rings. The van der Waals surface area contributed by atoms with E-state index in [0.29, 0.717) is 0 Å². The monoisotopic (exact) mass is 357 g/mol. The number of carbonyl (C=O) groups is 2. The molecule has 0 saturated carbocycles. The molecule has 0 spiro atoms. The first-order valence-electron chi connectivity index (χ1n) is 8.63. The number of nitrogens with zero attached hydrogens (tertiary/aromatic N) is 3. The van der Waals surface area contributed by atoms with Gasteiger partial charge in [0.15, 0.2) is 5.11 Å². The maximum Gasteiger partial charge on any atom is 0.265 e. The summed E-state index contributed by atoms with van der Waals surface area (Å²) in [5.74, 6) is -0.698. The van der Waals surface area contributed by atoms with E-state index in [0.717, 1.165) is 25.1 Å². The fourth-order valence-electron chi connectivity index (χ4n) is 3.30. The molecule has 25 heavy (non-hydrogen) atoms. The molecule has 0 unspecified atom stereocenters. The molecule has 3 rings (SSSR count). The van der Waals surface area contributed by atoms with E-state index in [-0.39, 0.29) is 22.5 Å². The first-order valence-corrected chi connectivity index (χ1v) is 9.04. The van der Waals surface area contributed by atoms with Gasteiger partial charge in [-0.05, 0) is 54.4 Å². The third kappa shape index (κ3) is 3.18. The van der Waals surface area contributed by atoms with Gasteiger partial charge in [0.2, 0.25) is 0 Å². The summed E-state index contributed by atoms with van der Waals surface area (Å²) < 4.78 is 0. The Labute approximate surface area is 153 Å². The number of likely N-dealkylation sites (N-methyl/N-ethyl adjacent to an activating group) is 2.